The summed E-state index contributed by atoms with van der Waals surface area (Å²) in [4.78, 5) is 2.53. The first-order chi connectivity index (χ1) is 9.16. The summed E-state index contributed by atoms with van der Waals surface area (Å²) < 4.78 is 5.44. The molecule has 0 aliphatic carbocycles. The molecule has 1 unspecified atom stereocenters. The van der Waals surface area contributed by atoms with E-state index in [1.165, 1.54) is 11.1 Å². The van der Waals surface area contributed by atoms with Gasteiger partial charge in [0.05, 0.1) is 13.2 Å². The van der Waals surface area contributed by atoms with Gasteiger partial charge in [-0.1, -0.05) is 55.8 Å². The molecule has 0 saturated carbocycles. The van der Waals surface area contributed by atoms with E-state index >= 15 is 0 Å². The van der Waals surface area contributed by atoms with Crippen molar-refractivity contribution in [2.75, 3.05) is 26.3 Å². The molecule has 2 heteroatoms. The second-order valence-corrected chi connectivity index (χ2v) is 5.65. The second-order valence-electron chi connectivity index (χ2n) is 5.65. The van der Waals surface area contributed by atoms with E-state index in [2.05, 4.69) is 62.1 Å². The van der Waals surface area contributed by atoms with E-state index in [1.54, 1.807) is 0 Å². The van der Waals surface area contributed by atoms with E-state index in [4.69, 9.17) is 4.74 Å². The van der Waals surface area contributed by atoms with Crippen LogP contribution in [-0.4, -0.2) is 37.2 Å². The van der Waals surface area contributed by atoms with Gasteiger partial charge in [-0.2, -0.15) is 0 Å². The van der Waals surface area contributed by atoms with Gasteiger partial charge in [0, 0.05) is 19.1 Å². The Bertz CT molecular complexity index is 402. The van der Waals surface area contributed by atoms with Crippen molar-refractivity contribution < 1.29 is 4.74 Å². The Morgan fingerprint density at radius 3 is 2.32 bits per heavy atom. The third-order valence-corrected chi connectivity index (χ3v) is 3.71. The highest BCUT2D eigenvalue weighted by Gasteiger charge is 2.21. The van der Waals surface area contributed by atoms with Gasteiger partial charge >= 0.3 is 0 Å². The monoisotopic (exact) mass is 259 g/mol. The molecule has 0 aromatic heterocycles. The molecule has 0 spiro atoms. The first-order valence-corrected chi connectivity index (χ1v) is 7.23. The van der Waals surface area contributed by atoms with E-state index in [0.717, 1.165) is 26.3 Å². The molecule has 1 aromatic carbocycles. The van der Waals surface area contributed by atoms with Crippen LogP contribution >= 0.6 is 0 Å². The van der Waals surface area contributed by atoms with Crippen molar-refractivity contribution in [3.8, 4) is 0 Å². The van der Waals surface area contributed by atoms with Gasteiger partial charge in [0.15, 0.2) is 0 Å². The Morgan fingerprint density at radius 2 is 1.74 bits per heavy atom. The summed E-state index contributed by atoms with van der Waals surface area (Å²) in [6, 6.07) is 9.20. The van der Waals surface area contributed by atoms with Crippen LogP contribution in [0.3, 0.4) is 0 Å². The van der Waals surface area contributed by atoms with Crippen LogP contribution in [0.5, 0.6) is 0 Å². The van der Waals surface area contributed by atoms with Crippen LogP contribution in [0, 0.1) is 12.8 Å². The number of ether oxygens (including phenoxy) is 1. The minimum atomic E-state index is 0.505. The highest BCUT2D eigenvalue weighted by atomic mass is 16.5. The summed E-state index contributed by atoms with van der Waals surface area (Å²) in [6.45, 7) is 10.5. The van der Waals surface area contributed by atoms with Crippen LogP contribution in [-0.2, 0) is 4.74 Å². The summed E-state index contributed by atoms with van der Waals surface area (Å²) in [7, 11) is 0. The zero-order chi connectivity index (χ0) is 13.7. The molecule has 2 rings (SSSR count). The lowest BCUT2D eigenvalue weighted by molar-refractivity contribution is 0.0176. The molecule has 1 fully saturated rings. The van der Waals surface area contributed by atoms with Crippen molar-refractivity contribution in [2.24, 2.45) is 5.92 Å². The molecule has 0 radical (unpaired) electrons. The molecule has 0 amide bonds. The molecule has 1 aliphatic heterocycles. The Morgan fingerprint density at radius 1 is 1.11 bits per heavy atom. The number of benzene rings is 1. The van der Waals surface area contributed by atoms with Crippen molar-refractivity contribution in [2.45, 2.75) is 26.8 Å². The Balaban J connectivity index is 2.05. The van der Waals surface area contributed by atoms with Gasteiger partial charge in [0.25, 0.3) is 0 Å². The molecular formula is C17H25NO. The van der Waals surface area contributed by atoms with Crippen molar-refractivity contribution in [1.82, 2.24) is 4.90 Å². The van der Waals surface area contributed by atoms with E-state index in [1.807, 2.05) is 0 Å². The molecule has 2 nitrogen and oxygen atoms in total. The molecule has 19 heavy (non-hydrogen) atoms. The van der Waals surface area contributed by atoms with Gasteiger partial charge in [-0.3, -0.25) is 4.90 Å². The van der Waals surface area contributed by atoms with E-state index < -0.39 is 0 Å². The van der Waals surface area contributed by atoms with Crippen LogP contribution in [0.4, 0.5) is 0 Å². The SMILES string of the molecule is Cc1ccc(C=CC(C(C)C)N2CCOCC2)cc1. The zero-order valence-corrected chi connectivity index (χ0v) is 12.3. The fourth-order valence-electron chi connectivity index (χ4n) is 2.53. The summed E-state index contributed by atoms with van der Waals surface area (Å²) in [6.07, 6.45) is 4.60. The lowest BCUT2D eigenvalue weighted by Crippen LogP contribution is -2.44. The highest BCUT2D eigenvalue weighted by Crippen LogP contribution is 2.16. The largest absolute Gasteiger partial charge is 0.379 e. The average Bonchev–Trinajstić information content (AvgIpc) is 2.42. The van der Waals surface area contributed by atoms with Crippen molar-refractivity contribution in [3.05, 3.63) is 41.5 Å². The third kappa shape index (κ3) is 4.19. The Hall–Kier alpha value is -1.12. The first-order valence-electron chi connectivity index (χ1n) is 7.23. The topological polar surface area (TPSA) is 12.5 Å². The van der Waals surface area contributed by atoms with Crippen molar-refractivity contribution in [1.29, 1.82) is 0 Å². The molecule has 1 aromatic rings. The Labute approximate surface area is 117 Å². The number of nitrogens with zero attached hydrogens (tertiary/aromatic N) is 1. The summed E-state index contributed by atoms with van der Waals surface area (Å²) in [5.41, 5.74) is 2.59. The average molecular weight is 259 g/mol. The predicted octanol–water partition coefficient (Wildman–Crippen LogP) is 3.37. The van der Waals surface area contributed by atoms with Crippen LogP contribution in [0.1, 0.15) is 25.0 Å². The van der Waals surface area contributed by atoms with Crippen molar-refractivity contribution >= 4 is 6.08 Å². The normalized spacial score (nSPS) is 19.2. The molecule has 0 N–H and O–H groups in total. The van der Waals surface area contributed by atoms with Gasteiger partial charge in [0.2, 0.25) is 0 Å². The van der Waals surface area contributed by atoms with Crippen LogP contribution in [0.2, 0.25) is 0 Å². The van der Waals surface area contributed by atoms with E-state index in [0.29, 0.717) is 12.0 Å². The fourth-order valence-corrected chi connectivity index (χ4v) is 2.53. The zero-order valence-electron chi connectivity index (χ0n) is 12.3. The maximum Gasteiger partial charge on any atom is 0.0594 e. The lowest BCUT2D eigenvalue weighted by atomic mass is 10.0. The molecule has 1 atom stereocenters. The molecule has 1 heterocycles. The van der Waals surface area contributed by atoms with Crippen LogP contribution in [0.25, 0.3) is 6.08 Å². The molecule has 104 valence electrons. The summed E-state index contributed by atoms with van der Waals surface area (Å²) >= 11 is 0. The van der Waals surface area contributed by atoms with E-state index in [9.17, 15) is 0 Å². The molecule has 1 saturated heterocycles. The number of hydrogen-bond acceptors (Lipinski definition) is 2. The first kappa shape index (κ1) is 14.3. The van der Waals surface area contributed by atoms with Crippen LogP contribution < -0.4 is 0 Å². The van der Waals surface area contributed by atoms with Gasteiger partial charge in [-0.05, 0) is 18.4 Å². The highest BCUT2D eigenvalue weighted by molar-refractivity contribution is 5.50. The third-order valence-electron chi connectivity index (χ3n) is 3.71. The lowest BCUT2D eigenvalue weighted by Gasteiger charge is -2.35. The number of hydrogen-bond donors (Lipinski definition) is 0. The predicted molar refractivity (Wildman–Crippen MR) is 81.2 cm³/mol. The number of rotatable bonds is 4. The smallest absolute Gasteiger partial charge is 0.0594 e. The second kappa shape index (κ2) is 6.88. The quantitative estimate of drug-likeness (QED) is 0.822. The minimum Gasteiger partial charge on any atom is -0.379 e. The van der Waals surface area contributed by atoms with Gasteiger partial charge < -0.3 is 4.74 Å². The summed E-state index contributed by atoms with van der Waals surface area (Å²) in [5, 5.41) is 0. The maximum absolute atomic E-state index is 5.44. The van der Waals surface area contributed by atoms with Gasteiger partial charge in [-0.15, -0.1) is 0 Å². The molecular weight excluding hydrogens is 234 g/mol. The standard InChI is InChI=1S/C17H25NO/c1-14(2)17(18-10-12-19-13-11-18)9-8-16-6-4-15(3)5-7-16/h4-9,14,17H,10-13H2,1-3H3. The Kier molecular flexibility index (Phi) is 5.17. The maximum atomic E-state index is 5.44. The molecule has 0 bridgehead atoms. The minimum absolute atomic E-state index is 0.505. The van der Waals surface area contributed by atoms with Gasteiger partial charge in [0.1, 0.15) is 0 Å². The van der Waals surface area contributed by atoms with Gasteiger partial charge in [-0.25, -0.2) is 0 Å². The molecule has 1 aliphatic rings. The van der Waals surface area contributed by atoms with Crippen molar-refractivity contribution in [3.63, 3.8) is 0 Å². The van der Waals surface area contributed by atoms with Crippen LogP contribution in [0.15, 0.2) is 30.3 Å². The number of morpholine rings is 1. The fraction of sp³-hybridized carbons (Fsp3) is 0.529. The summed E-state index contributed by atoms with van der Waals surface area (Å²) in [5.74, 6) is 0.625. The number of aryl methyl sites for hydroxylation is 1. The van der Waals surface area contributed by atoms with E-state index in [-0.39, 0.29) is 0 Å².